The fourth-order valence-corrected chi connectivity index (χ4v) is 3.96. The Morgan fingerprint density at radius 2 is 1.69 bits per heavy atom. The first-order chi connectivity index (χ1) is 14.0. The molecule has 4 aromatic rings. The normalized spacial score (nSPS) is 11.0. The molecule has 4 rings (SSSR count). The first-order valence-corrected chi connectivity index (χ1v) is 10.4. The molecule has 0 atom stereocenters. The van der Waals surface area contributed by atoms with Gasteiger partial charge in [0.2, 0.25) is 0 Å². The van der Waals surface area contributed by atoms with Gasteiger partial charge in [0.15, 0.2) is 0 Å². The molecule has 7 heteroatoms. The molecule has 1 heterocycles. The summed E-state index contributed by atoms with van der Waals surface area (Å²) in [6, 6.07) is 19.9. The van der Waals surface area contributed by atoms with Crippen molar-refractivity contribution in [3.63, 3.8) is 0 Å². The van der Waals surface area contributed by atoms with Gasteiger partial charge in [0.1, 0.15) is 18.2 Å². The highest BCUT2D eigenvalue weighted by atomic mass is 79.9. The number of para-hydroxylation sites is 1. The van der Waals surface area contributed by atoms with Gasteiger partial charge in [-0.05, 0) is 70.5 Å². The number of fused-ring (bicyclic) bond motifs is 1. The van der Waals surface area contributed by atoms with E-state index >= 15 is 0 Å². The van der Waals surface area contributed by atoms with E-state index in [2.05, 4.69) is 15.9 Å². The van der Waals surface area contributed by atoms with E-state index in [0.717, 1.165) is 10.0 Å². The van der Waals surface area contributed by atoms with Gasteiger partial charge in [-0.2, -0.15) is 0 Å². The molecular weight excluding hydrogens is 475 g/mol. The molecule has 0 bridgehead atoms. The fourth-order valence-electron chi connectivity index (χ4n) is 3.03. The third kappa shape index (κ3) is 4.32. The Hall–Kier alpha value is -2.34. The van der Waals surface area contributed by atoms with E-state index in [9.17, 15) is 4.79 Å². The van der Waals surface area contributed by atoms with Crippen molar-refractivity contribution in [2.45, 2.75) is 6.54 Å². The summed E-state index contributed by atoms with van der Waals surface area (Å²) in [5, 5.41) is 1.81. The Morgan fingerprint density at radius 3 is 2.45 bits per heavy atom. The minimum absolute atomic E-state index is 0.112. The van der Waals surface area contributed by atoms with Crippen LogP contribution >= 0.6 is 39.1 Å². The van der Waals surface area contributed by atoms with E-state index in [1.807, 2.05) is 30.3 Å². The predicted molar refractivity (Wildman–Crippen MR) is 121 cm³/mol. The lowest BCUT2D eigenvalue weighted by molar-refractivity contribution is 0.295. The number of hydrogen-bond donors (Lipinski definition) is 0. The van der Waals surface area contributed by atoms with Crippen molar-refractivity contribution in [3.05, 3.63) is 91.6 Å². The van der Waals surface area contributed by atoms with E-state index in [1.54, 1.807) is 41.0 Å². The molecule has 0 spiro atoms. The van der Waals surface area contributed by atoms with Crippen LogP contribution in [0.5, 0.6) is 5.75 Å². The van der Waals surface area contributed by atoms with Crippen LogP contribution in [-0.2, 0) is 6.54 Å². The summed E-state index contributed by atoms with van der Waals surface area (Å²) in [6.07, 6.45) is 0. The third-order valence-corrected chi connectivity index (χ3v) is 5.54. The van der Waals surface area contributed by atoms with Crippen molar-refractivity contribution in [1.29, 1.82) is 0 Å². The van der Waals surface area contributed by atoms with Crippen LogP contribution in [-0.4, -0.2) is 16.2 Å². The molecule has 0 aliphatic carbocycles. The maximum Gasteiger partial charge on any atom is 0.261 e. The van der Waals surface area contributed by atoms with Gasteiger partial charge in [0, 0.05) is 15.6 Å². The SMILES string of the molecule is O=c1c2ccccc2nc(-c2ccc(Cl)cc2)n1CCOc1ccc(Cl)cc1Br. The molecule has 0 radical (unpaired) electrons. The van der Waals surface area contributed by atoms with E-state index in [4.69, 9.17) is 32.9 Å². The van der Waals surface area contributed by atoms with Gasteiger partial charge >= 0.3 is 0 Å². The molecule has 0 aliphatic heterocycles. The molecular formula is C22H15BrCl2N2O2. The average molecular weight is 490 g/mol. The summed E-state index contributed by atoms with van der Waals surface area (Å²) < 4.78 is 8.25. The Morgan fingerprint density at radius 1 is 0.966 bits per heavy atom. The van der Waals surface area contributed by atoms with Crippen LogP contribution < -0.4 is 10.3 Å². The summed E-state index contributed by atoms with van der Waals surface area (Å²) in [7, 11) is 0. The standard InChI is InChI=1S/C22H15BrCl2N2O2/c23-18-13-16(25)9-10-20(18)29-12-11-27-21(14-5-7-15(24)8-6-14)26-19-4-2-1-3-17(19)22(27)28/h1-10,13H,11-12H2. The number of nitrogens with zero attached hydrogens (tertiary/aromatic N) is 2. The molecule has 1 aromatic heterocycles. The molecule has 0 saturated heterocycles. The van der Waals surface area contributed by atoms with Crippen molar-refractivity contribution >= 4 is 50.0 Å². The summed E-state index contributed by atoms with van der Waals surface area (Å²) >= 11 is 15.4. The van der Waals surface area contributed by atoms with Gasteiger partial charge in [-0.15, -0.1) is 0 Å². The number of halogens is 3. The minimum atomic E-state index is -0.112. The zero-order valence-corrected chi connectivity index (χ0v) is 18.2. The second-order valence-corrected chi connectivity index (χ2v) is 8.07. The second kappa shape index (κ2) is 8.57. The Labute approximate surface area is 185 Å². The van der Waals surface area contributed by atoms with E-state index in [0.29, 0.717) is 45.7 Å². The maximum atomic E-state index is 13.2. The molecule has 0 amide bonds. The molecule has 4 nitrogen and oxygen atoms in total. The Balaban J connectivity index is 1.71. The molecule has 3 aromatic carbocycles. The molecule has 0 saturated carbocycles. The lowest BCUT2D eigenvalue weighted by Gasteiger charge is -2.15. The average Bonchev–Trinajstić information content (AvgIpc) is 2.71. The van der Waals surface area contributed by atoms with Gasteiger partial charge in [0.25, 0.3) is 5.56 Å². The van der Waals surface area contributed by atoms with Crippen LogP contribution in [0, 0.1) is 0 Å². The van der Waals surface area contributed by atoms with Crippen molar-refractivity contribution in [2.24, 2.45) is 0 Å². The van der Waals surface area contributed by atoms with E-state index < -0.39 is 0 Å². The zero-order valence-electron chi connectivity index (χ0n) is 15.1. The monoisotopic (exact) mass is 488 g/mol. The first kappa shape index (κ1) is 20.0. The summed E-state index contributed by atoms with van der Waals surface area (Å²) in [6.45, 7) is 0.629. The molecule has 0 unspecified atom stereocenters. The third-order valence-electron chi connectivity index (χ3n) is 4.43. The number of benzene rings is 3. The number of aromatic nitrogens is 2. The number of hydrogen-bond acceptors (Lipinski definition) is 3. The highest BCUT2D eigenvalue weighted by molar-refractivity contribution is 9.10. The van der Waals surface area contributed by atoms with Crippen molar-refractivity contribution in [2.75, 3.05) is 6.61 Å². The van der Waals surface area contributed by atoms with Crippen LogP contribution in [0.25, 0.3) is 22.3 Å². The van der Waals surface area contributed by atoms with Crippen LogP contribution in [0.15, 0.2) is 76.0 Å². The summed E-state index contributed by atoms with van der Waals surface area (Å²) in [5.41, 5.74) is 1.35. The number of ether oxygens (including phenoxy) is 1. The van der Waals surface area contributed by atoms with Crippen molar-refractivity contribution in [3.8, 4) is 17.1 Å². The highest BCUT2D eigenvalue weighted by Crippen LogP contribution is 2.28. The molecule has 0 aliphatic rings. The van der Waals surface area contributed by atoms with Crippen molar-refractivity contribution in [1.82, 2.24) is 9.55 Å². The van der Waals surface area contributed by atoms with Gasteiger partial charge in [-0.25, -0.2) is 4.98 Å². The van der Waals surface area contributed by atoms with E-state index in [1.165, 1.54) is 0 Å². The molecule has 146 valence electrons. The van der Waals surface area contributed by atoms with Crippen LogP contribution in [0.1, 0.15) is 0 Å². The Kier molecular flexibility index (Phi) is 5.90. The number of rotatable bonds is 5. The van der Waals surface area contributed by atoms with Crippen LogP contribution in [0.3, 0.4) is 0 Å². The van der Waals surface area contributed by atoms with Gasteiger partial charge in [0.05, 0.1) is 21.9 Å². The van der Waals surface area contributed by atoms with Gasteiger partial charge in [-0.3, -0.25) is 9.36 Å². The fraction of sp³-hybridized carbons (Fsp3) is 0.0909. The van der Waals surface area contributed by atoms with E-state index in [-0.39, 0.29) is 5.56 Å². The first-order valence-electron chi connectivity index (χ1n) is 8.86. The largest absolute Gasteiger partial charge is 0.491 e. The quantitative estimate of drug-likeness (QED) is 0.334. The zero-order chi connectivity index (χ0) is 20.4. The van der Waals surface area contributed by atoms with Gasteiger partial charge in [-0.1, -0.05) is 35.3 Å². The van der Waals surface area contributed by atoms with Crippen molar-refractivity contribution < 1.29 is 4.74 Å². The molecule has 0 N–H and O–H groups in total. The lowest BCUT2D eigenvalue weighted by atomic mass is 10.2. The summed E-state index contributed by atoms with van der Waals surface area (Å²) in [5.74, 6) is 1.23. The Bertz CT molecular complexity index is 1240. The predicted octanol–water partition coefficient (Wildman–Crippen LogP) is 6.21. The summed E-state index contributed by atoms with van der Waals surface area (Å²) in [4.78, 5) is 17.9. The topological polar surface area (TPSA) is 44.1 Å². The highest BCUT2D eigenvalue weighted by Gasteiger charge is 2.13. The lowest BCUT2D eigenvalue weighted by Crippen LogP contribution is -2.26. The van der Waals surface area contributed by atoms with Gasteiger partial charge < -0.3 is 4.74 Å². The molecule has 29 heavy (non-hydrogen) atoms. The van der Waals surface area contributed by atoms with Crippen LogP contribution in [0.2, 0.25) is 10.0 Å². The maximum absolute atomic E-state index is 13.2. The molecule has 0 fully saturated rings. The smallest absolute Gasteiger partial charge is 0.261 e. The van der Waals surface area contributed by atoms with Crippen LogP contribution in [0.4, 0.5) is 0 Å². The second-order valence-electron chi connectivity index (χ2n) is 6.34. The minimum Gasteiger partial charge on any atom is -0.491 e.